The zero-order valence-corrected chi connectivity index (χ0v) is 20.2. The summed E-state index contributed by atoms with van der Waals surface area (Å²) in [5.41, 5.74) is 9.49. The van der Waals surface area contributed by atoms with E-state index in [0.717, 1.165) is 29.7 Å². The maximum Gasteiger partial charge on any atom is 0.225 e. The van der Waals surface area contributed by atoms with Crippen LogP contribution < -0.4 is 11.1 Å². The second-order valence-corrected chi connectivity index (χ2v) is 9.18. The lowest BCUT2D eigenvalue weighted by Crippen LogP contribution is -2.23. The van der Waals surface area contributed by atoms with Gasteiger partial charge in [0.15, 0.2) is 17.0 Å². The Labute approximate surface area is 211 Å². The highest BCUT2D eigenvalue weighted by molar-refractivity contribution is 5.77. The highest BCUT2D eigenvalue weighted by atomic mass is 16.5. The molecule has 3 N–H and O–H groups in total. The summed E-state index contributed by atoms with van der Waals surface area (Å²) in [5.74, 6) is 1.35. The van der Waals surface area contributed by atoms with Crippen LogP contribution in [0.4, 0.5) is 5.95 Å². The number of aromatic nitrogens is 9. The molecular formula is C24H25N11O2. The molecular weight excluding hydrogens is 474 g/mol. The van der Waals surface area contributed by atoms with E-state index in [-0.39, 0.29) is 17.9 Å². The van der Waals surface area contributed by atoms with Gasteiger partial charge in [-0.15, -0.1) is 5.10 Å². The van der Waals surface area contributed by atoms with E-state index in [9.17, 15) is 4.79 Å². The number of carbonyl (C=O) groups excluding carboxylic acids is 1. The van der Waals surface area contributed by atoms with E-state index in [0.29, 0.717) is 48.2 Å². The van der Waals surface area contributed by atoms with E-state index in [4.69, 9.17) is 10.3 Å². The Morgan fingerprint density at radius 3 is 2.78 bits per heavy atom. The fourth-order valence-corrected chi connectivity index (χ4v) is 4.61. The van der Waals surface area contributed by atoms with Crippen LogP contribution in [0.15, 0.2) is 47.4 Å². The molecule has 13 heteroatoms. The Hall–Kier alpha value is -4.68. The first-order valence-corrected chi connectivity index (χ1v) is 12.1. The van der Waals surface area contributed by atoms with Crippen molar-refractivity contribution >= 4 is 23.0 Å². The van der Waals surface area contributed by atoms with Crippen molar-refractivity contribution < 1.29 is 9.32 Å². The Balaban J connectivity index is 1.16. The molecule has 1 aromatic carbocycles. The van der Waals surface area contributed by atoms with Crippen LogP contribution in [0.5, 0.6) is 0 Å². The molecule has 6 rings (SSSR count). The molecule has 5 aromatic rings. The van der Waals surface area contributed by atoms with Crippen molar-refractivity contribution in [3.8, 4) is 16.8 Å². The molecule has 1 aliphatic carbocycles. The smallest absolute Gasteiger partial charge is 0.225 e. The van der Waals surface area contributed by atoms with Crippen LogP contribution in [-0.2, 0) is 17.8 Å². The molecule has 13 nitrogen and oxygen atoms in total. The summed E-state index contributed by atoms with van der Waals surface area (Å²) in [4.78, 5) is 24.7. The van der Waals surface area contributed by atoms with Crippen LogP contribution in [0, 0.1) is 12.8 Å². The quantitative estimate of drug-likeness (QED) is 0.322. The number of fused-ring (bicyclic) bond motifs is 1. The van der Waals surface area contributed by atoms with E-state index >= 15 is 0 Å². The zero-order valence-electron chi connectivity index (χ0n) is 20.2. The number of rotatable bonds is 8. The van der Waals surface area contributed by atoms with Gasteiger partial charge in [-0.1, -0.05) is 22.5 Å². The van der Waals surface area contributed by atoms with Gasteiger partial charge in [0, 0.05) is 43.6 Å². The molecule has 4 heterocycles. The lowest BCUT2D eigenvalue weighted by Gasteiger charge is -2.12. The number of benzene rings is 1. The average molecular weight is 500 g/mol. The molecule has 0 bridgehead atoms. The van der Waals surface area contributed by atoms with Gasteiger partial charge in [0.1, 0.15) is 0 Å². The Bertz CT molecular complexity index is 1550. The van der Waals surface area contributed by atoms with Crippen LogP contribution in [-0.4, -0.2) is 56.8 Å². The minimum atomic E-state index is -0.252. The van der Waals surface area contributed by atoms with E-state index in [1.807, 2.05) is 41.3 Å². The highest BCUT2D eigenvalue weighted by Gasteiger charge is 2.29. The number of nitrogens with one attached hydrogen (secondary N) is 1. The number of aryl methyl sites for hydroxylation is 3. The van der Waals surface area contributed by atoms with Crippen LogP contribution in [0.25, 0.3) is 28.0 Å². The van der Waals surface area contributed by atoms with Crippen LogP contribution in [0.2, 0.25) is 0 Å². The van der Waals surface area contributed by atoms with Crippen molar-refractivity contribution in [3.05, 3.63) is 54.6 Å². The highest BCUT2D eigenvalue weighted by Crippen LogP contribution is 2.27. The van der Waals surface area contributed by atoms with Crippen LogP contribution in [0.1, 0.15) is 31.0 Å². The third-order valence-electron chi connectivity index (χ3n) is 6.57. The van der Waals surface area contributed by atoms with E-state index in [2.05, 4.69) is 40.8 Å². The Morgan fingerprint density at radius 1 is 1.16 bits per heavy atom. The second kappa shape index (κ2) is 9.41. The molecule has 188 valence electrons. The predicted octanol–water partition coefficient (Wildman–Crippen LogP) is 2.07. The third kappa shape index (κ3) is 4.75. The van der Waals surface area contributed by atoms with E-state index in [1.165, 1.54) is 0 Å². The molecule has 4 aromatic heterocycles. The van der Waals surface area contributed by atoms with Gasteiger partial charge in [0.25, 0.3) is 0 Å². The number of hydrogen-bond acceptors (Lipinski definition) is 10. The molecule has 0 aliphatic heterocycles. The largest absolute Gasteiger partial charge is 0.369 e. The SMILES string of the molecule is Cc1nc(CCn2cc(-c3ccc(-n4nnc5cnc(NC6CCC(C(N)=O)C6)nc54)cc3)cn2)no1. The first-order valence-electron chi connectivity index (χ1n) is 12.1. The molecule has 1 fully saturated rings. The van der Waals surface area contributed by atoms with Gasteiger partial charge in [-0.2, -0.15) is 19.7 Å². The summed E-state index contributed by atoms with van der Waals surface area (Å²) in [6, 6.07) is 8.06. The van der Waals surface area contributed by atoms with Gasteiger partial charge >= 0.3 is 0 Å². The Morgan fingerprint density at radius 2 is 2.03 bits per heavy atom. The monoisotopic (exact) mass is 499 g/mol. The van der Waals surface area contributed by atoms with Crippen LogP contribution >= 0.6 is 0 Å². The van der Waals surface area contributed by atoms with E-state index < -0.39 is 0 Å². The van der Waals surface area contributed by atoms with Gasteiger partial charge in [-0.3, -0.25) is 9.48 Å². The van der Waals surface area contributed by atoms with Crippen LogP contribution in [0.3, 0.4) is 0 Å². The molecule has 2 atom stereocenters. The van der Waals surface area contributed by atoms with Gasteiger partial charge in [-0.25, -0.2) is 4.98 Å². The van der Waals surface area contributed by atoms with Crippen molar-refractivity contribution in [1.29, 1.82) is 0 Å². The molecule has 1 saturated carbocycles. The number of anilines is 1. The summed E-state index contributed by atoms with van der Waals surface area (Å²) in [5, 5.41) is 20.2. The molecule has 1 amide bonds. The molecule has 0 radical (unpaired) electrons. The fourth-order valence-electron chi connectivity index (χ4n) is 4.61. The number of carbonyl (C=O) groups is 1. The average Bonchev–Trinajstić information content (AvgIpc) is 3.70. The van der Waals surface area contributed by atoms with Gasteiger partial charge in [-0.05, 0) is 37.0 Å². The minimum Gasteiger partial charge on any atom is -0.369 e. The number of nitrogens with two attached hydrogens (primary N) is 1. The summed E-state index contributed by atoms with van der Waals surface area (Å²) < 4.78 is 8.56. The van der Waals surface area contributed by atoms with Crippen molar-refractivity contribution in [2.24, 2.45) is 11.7 Å². The second-order valence-electron chi connectivity index (χ2n) is 9.18. The van der Waals surface area contributed by atoms with Crippen molar-refractivity contribution in [2.75, 3.05) is 5.32 Å². The van der Waals surface area contributed by atoms with Gasteiger partial charge < -0.3 is 15.6 Å². The van der Waals surface area contributed by atoms with Crippen molar-refractivity contribution in [3.63, 3.8) is 0 Å². The summed E-state index contributed by atoms with van der Waals surface area (Å²) in [6.45, 7) is 2.43. The van der Waals surface area contributed by atoms with Gasteiger partial charge in [0.05, 0.1) is 18.1 Å². The molecule has 37 heavy (non-hydrogen) atoms. The molecule has 2 unspecified atom stereocenters. The summed E-state index contributed by atoms with van der Waals surface area (Å²) in [7, 11) is 0. The number of nitrogens with zero attached hydrogens (tertiary/aromatic N) is 9. The third-order valence-corrected chi connectivity index (χ3v) is 6.57. The fraction of sp³-hybridized carbons (Fsp3) is 0.333. The summed E-state index contributed by atoms with van der Waals surface area (Å²) in [6.07, 6.45) is 8.42. The lowest BCUT2D eigenvalue weighted by molar-refractivity contribution is -0.121. The number of hydrogen-bond donors (Lipinski definition) is 2. The first-order chi connectivity index (χ1) is 18.0. The molecule has 0 spiro atoms. The maximum absolute atomic E-state index is 11.5. The lowest BCUT2D eigenvalue weighted by atomic mass is 10.1. The normalized spacial score (nSPS) is 17.4. The van der Waals surface area contributed by atoms with Gasteiger partial charge in [0.2, 0.25) is 17.7 Å². The molecule has 1 aliphatic rings. The first kappa shape index (κ1) is 22.8. The number of amides is 1. The summed E-state index contributed by atoms with van der Waals surface area (Å²) >= 11 is 0. The van der Waals surface area contributed by atoms with E-state index in [1.54, 1.807) is 17.8 Å². The van der Waals surface area contributed by atoms with Crippen molar-refractivity contribution in [2.45, 2.75) is 45.2 Å². The maximum atomic E-state index is 11.5. The standard InChI is InChI=1S/C24H25N11O2/c1-14-28-21(32-37-14)8-9-34-13-17(11-27-34)15-3-6-19(7-4-15)35-23-20(31-33-35)12-26-24(30-23)29-18-5-2-16(10-18)22(25)36/h3-4,6-7,11-13,16,18H,2,5,8-10H2,1H3,(H2,25,36)(H,26,29,30). The Kier molecular flexibility index (Phi) is 5.79. The predicted molar refractivity (Wildman–Crippen MR) is 132 cm³/mol. The minimum absolute atomic E-state index is 0.103. The zero-order chi connectivity index (χ0) is 25.4. The molecule has 0 saturated heterocycles. The topological polar surface area (TPSA) is 168 Å². The van der Waals surface area contributed by atoms with Crippen molar-refractivity contribution in [1.82, 2.24) is 44.9 Å². The number of primary amides is 1.